The second-order valence-corrected chi connectivity index (χ2v) is 6.73. The molecule has 1 aromatic carbocycles. The maximum atomic E-state index is 12.3. The number of hydrogen-bond donors (Lipinski definition) is 2. The zero-order chi connectivity index (χ0) is 17.6. The zero-order valence-electron chi connectivity index (χ0n) is 13.5. The van der Waals surface area contributed by atoms with E-state index in [1.54, 1.807) is 13.1 Å². The number of aromatic nitrogens is 2. The number of imidazole rings is 1. The summed E-state index contributed by atoms with van der Waals surface area (Å²) in [4.78, 5) is 39.8. The lowest BCUT2D eigenvalue weighted by atomic mass is 10.1. The molecular formula is C16H16N6O2S. The summed E-state index contributed by atoms with van der Waals surface area (Å²) < 4.78 is 0. The molecular weight excluding hydrogens is 340 g/mol. The predicted octanol–water partition coefficient (Wildman–Crippen LogP) is 1.39. The van der Waals surface area contributed by atoms with Crippen molar-refractivity contribution in [3.8, 4) is 0 Å². The van der Waals surface area contributed by atoms with Crippen LogP contribution in [0.1, 0.15) is 0 Å². The van der Waals surface area contributed by atoms with Crippen LogP contribution in [0.4, 0.5) is 4.79 Å². The number of carbonyl (C=O) groups is 2. The topological polar surface area (TPSA) is 93.7 Å². The highest BCUT2D eigenvalue weighted by atomic mass is 32.2. The Morgan fingerprint density at radius 2 is 2.16 bits per heavy atom. The molecule has 4 rings (SSSR count). The summed E-state index contributed by atoms with van der Waals surface area (Å²) in [6.07, 6.45) is 1.16. The summed E-state index contributed by atoms with van der Waals surface area (Å²) in [5.41, 5.74) is 1.79. The van der Waals surface area contributed by atoms with Gasteiger partial charge < -0.3 is 14.8 Å². The summed E-state index contributed by atoms with van der Waals surface area (Å²) in [7, 11) is 1.63. The van der Waals surface area contributed by atoms with Crippen molar-refractivity contribution in [1.82, 2.24) is 25.1 Å². The number of para-hydroxylation sites is 2. The fourth-order valence-electron chi connectivity index (χ4n) is 2.98. The van der Waals surface area contributed by atoms with Crippen molar-refractivity contribution in [1.29, 1.82) is 0 Å². The number of fused-ring (bicyclic) bond motifs is 2. The van der Waals surface area contributed by atoms with E-state index in [9.17, 15) is 9.59 Å². The molecule has 2 aromatic rings. The van der Waals surface area contributed by atoms with Gasteiger partial charge in [-0.1, -0.05) is 18.2 Å². The summed E-state index contributed by atoms with van der Waals surface area (Å²) in [5.74, 6) is -0.348. The average molecular weight is 356 g/mol. The number of imide groups is 1. The van der Waals surface area contributed by atoms with E-state index in [4.69, 9.17) is 0 Å². The highest BCUT2D eigenvalue weighted by Gasteiger charge is 2.48. The molecule has 2 unspecified atom stereocenters. The number of benzene rings is 1. The summed E-state index contributed by atoms with van der Waals surface area (Å²) in [6.45, 7) is 4.20. The monoisotopic (exact) mass is 356 g/mol. The molecule has 0 spiro atoms. The fourth-order valence-corrected chi connectivity index (χ4v) is 3.92. The number of rotatable bonds is 3. The van der Waals surface area contributed by atoms with Crippen molar-refractivity contribution >= 4 is 39.9 Å². The van der Waals surface area contributed by atoms with Gasteiger partial charge in [0, 0.05) is 13.6 Å². The lowest BCUT2D eigenvalue weighted by molar-refractivity contribution is -0.126. The van der Waals surface area contributed by atoms with Crippen LogP contribution in [0.25, 0.3) is 11.0 Å². The van der Waals surface area contributed by atoms with Gasteiger partial charge in [0.05, 0.1) is 11.0 Å². The minimum Gasteiger partial charge on any atom is -0.333 e. The van der Waals surface area contributed by atoms with Gasteiger partial charge >= 0.3 is 6.03 Å². The first-order chi connectivity index (χ1) is 12.1. The van der Waals surface area contributed by atoms with Crippen molar-refractivity contribution < 1.29 is 9.59 Å². The molecule has 3 heterocycles. The number of aromatic amines is 1. The van der Waals surface area contributed by atoms with Crippen LogP contribution in [-0.4, -0.2) is 62.7 Å². The van der Waals surface area contributed by atoms with Crippen LogP contribution < -0.4 is 5.32 Å². The molecule has 2 atom stereocenters. The molecule has 1 fully saturated rings. The minimum atomic E-state index is -0.562. The third-order valence-electron chi connectivity index (χ3n) is 4.20. The molecule has 2 N–H and O–H groups in total. The Kier molecular flexibility index (Phi) is 3.72. The van der Waals surface area contributed by atoms with Gasteiger partial charge in [0.15, 0.2) is 22.5 Å². The molecule has 0 bridgehead atoms. The van der Waals surface area contributed by atoms with Gasteiger partial charge in [0.1, 0.15) is 0 Å². The Morgan fingerprint density at radius 1 is 1.36 bits per heavy atom. The lowest BCUT2D eigenvalue weighted by Crippen LogP contribution is -2.63. The van der Waals surface area contributed by atoms with Gasteiger partial charge in [0.2, 0.25) is 0 Å². The first-order valence-electron chi connectivity index (χ1n) is 7.74. The molecule has 8 nitrogen and oxygen atoms in total. The Hall–Kier alpha value is -2.81. The van der Waals surface area contributed by atoms with E-state index in [0.717, 1.165) is 11.0 Å². The molecule has 0 aliphatic carbocycles. The number of urea groups is 1. The lowest BCUT2D eigenvalue weighted by Gasteiger charge is -2.35. The average Bonchev–Trinajstić information content (AvgIpc) is 3.15. The Labute approximate surface area is 148 Å². The van der Waals surface area contributed by atoms with E-state index in [1.807, 2.05) is 29.2 Å². The first kappa shape index (κ1) is 15.7. The van der Waals surface area contributed by atoms with E-state index < -0.39 is 18.2 Å². The Balaban J connectivity index is 1.67. The van der Waals surface area contributed by atoms with E-state index in [0.29, 0.717) is 16.9 Å². The van der Waals surface area contributed by atoms with Crippen molar-refractivity contribution in [2.45, 2.75) is 17.4 Å². The molecule has 25 heavy (non-hydrogen) atoms. The van der Waals surface area contributed by atoms with Gasteiger partial charge in [0.25, 0.3) is 5.91 Å². The van der Waals surface area contributed by atoms with Crippen LogP contribution in [0.15, 0.2) is 47.1 Å². The molecule has 9 heteroatoms. The second kappa shape index (κ2) is 5.92. The van der Waals surface area contributed by atoms with Crippen LogP contribution in [0, 0.1) is 0 Å². The quantitative estimate of drug-likeness (QED) is 0.811. The maximum Gasteiger partial charge on any atom is 0.325 e. The van der Waals surface area contributed by atoms with Crippen molar-refractivity contribution in [3.63, 3.8) is 0 Å². The number of aliphatic imine (C=N–C) groups is 1. The van der Waals surface area contributed by atoms with Crippen molar-refractivity contribution in [3.05, 3.63) is 36.9 Å². The van der Waals surface area contributed by atoms with Crippen LogP contribution in [0.2, 0.25) is 0 Å². The van der Waals surface area contributed by atoms with Crippen LogP contribution >= 0.6 is 11.8 Å². The number of thioether (sulfide) groups is 1. The minimum absolute atomic E-state index is 0.348. The number of amides is 3. The van der Waals surface area contributed by atoms with E-state index >= 15 is 0 Å². The maximum absolute atomic E-state index is 12.3. The summed E-state index contributed by atoms with van der Waals surface area (Å²) >= 11 is 1.34. The number of carbonyl (C=O) groups excluding carboxylic acids is 2. The van der Waals surface area contributed by atoms with E-state index in [-0.39, 0.29) is 5.91 Å². The number of hydrogen-bond acceptors (Lipinski definition) is 6. The molecule has 0 radical (unpaired) electrons. The standard InChI is InChI=1S/C16H16N6O2S/c1-3-8-22-11-12(21(2)15(24)20-13(11)23)19-16(22)25-14-17-9-6-4-5-7-10(9)18-14/h3-7,11-12H,1,8H2,2H3,(H,17,18)(H,20,23,24). The van der Waals surface area contributed by atoms with Gasteiger partial charge in [-0.25, -0.2) is 14.8 Å². The number of amidine groups is 1. The number of nitrogens with zero attached hydrogens (tertiary/aromatic N) is 4. The highest BCUT2D eigenvalue weighted by Crippen LogP contribution is 2.31. The second-order valence-electron chi connectivity index (χ2n) is 5.78. The molecule has 1 aromatic heterocycles. The van der Waals surface area contributed by atoms with Crippen molar-refractivity contribution in [2.75, 3.05) is 13.6 Å². The van der Waals surface area contributed by atoms with Crippen LogP contribution in [0.5, 0.6) is 0 Å². The molecule has 2 aliphatic rings. The molecule has 2 aliphatic heterocycles. The molecule has 0 saturated carbocycles. The Bertz CT molecular complexity index is 874. The fraction of sp³-hybridized carbons (Fsp3) is 0.250. The van der Waals surface area contributed by atoms with Gasteiger partial charge in [-0.15, -0.1) is 6.58 Å². The van der Waals surface area contributed by atoms with E-state index in [2.05, 4.69) is 26.9 Å². The third-order valence-corrected chi connectivity index (χ3v) is 5.11. The van der Waals surface area contributed by atoms with Crippen LogP contribution in [-0.2, 0) is 4.79 Å². The predicted molar refractivity (Wildman–Crippen MR) is 95.2 cm³/mol. The smallest absolute Gasteiger partial charge is 0.325 e. The molecule has 128 valence electrons. The molecule has 1 saturated heterocycles. The van der Waals surface area contributed by atoms with Gasteiger partial charge in [-0.05, 0) is 23.9 Å². The summed E-state index contributed by atoms with van der Waals surface area (Å²) in [6, 6.07) is 6.73. The van der Waals surface area contributed by atoms with Crippen LogP contribution in [0.3, 0.4) is 0 Å². The SMILES string of the molecule is C=CCN1C(Sc2nc3ccccc3[nH]2)=NC2C1C(=O)NC(=O)N2C. The van der Waals surface area contributed by atoms with Crippen molar-refractivity contribution in [2.24, 2.45) is 4.99 Å². The Morgan fingerprint density at radius 3 is 2.92 bits per heavy atom. The zero-order valence-corrected chi connectivity index (χ0v) is 14.3. The molecule has 3 amide bonds. The number of nitrogens with one attached hydrogen (secondary N) is 2. The first-order valence-corrected chi connectivity index (χ1v) is 8.55. The third kappa shape index (κ3) is 2.56. The van der Waals surface area contributed by atoms with Gasteiger partial charge in [-0.3, -0.25) is 10.1 Å². The normalized spacial score (nSPS) is 22.8. The highest BCUT2D eigenvalue weighted by molar-refractivity contribution is 8.13. The summed E-state index contributed by atoms with van der Waals surface area (Å²) in [5, 5.41) is 3.67. The van der Waals surface area contributed by atoms with Gasteiger partial charge in [-0.2, -0.15) is 0 Å². The largest absolute Gasteiger partial charge is 0.333 e. The number of likely N-dealkylation sites (N-methyl/N-ethyl adjacent to an activating group) is 1. The number of H-pyrrole nitrogens is 1. The van der Waals surface area contributed by atoms with E-state index in [1.165, 1.54) is 16.7 Å².